The van der Waals surface area contributed by atoms with Crippen molar-refractivity contribution in [3.63, 3.8) is 0 Å². The maximum atomic E-state index is 10.7. The lowest BCUT2D eigenvalue weighted by Gasteiger charge is -2.05. The van der Waals surface area contributed by atoms with Crippen LogP contribution in [-0.4, -0.2) is 11.1 Å². The number of halogens is 1. The number of nitriles is 1. The Kier molecular flexibility index (Phi) is 3.10. The first-order valence-corrected chi connectivity index (χ1v) is 4.46. The van der Waals surface area contributed by atoms with Gasteiger partial charge in [0.2, 0.25) is 0 Å². The molecule has 0 radical (unpaired) electrons. The van der Waals surface area contributed by atoms with E-state index in [0.29, 0.717) is 11.1 Å². The average Bonchev–Trinajstić information content (AvgIpc) is 2.16. The minimum Gasteiger partial charge on any atom is -0.478 e. The largest absolute Gasteiger partial charge is 0.478 e. The molecule has 0 unspecified atom stereocenters. The van der Waals surface area contributed by atoms with Gasteiger partial charge in [0.1, 0.15) is 0 Å². The average molecular weight is 210 g/mol. The number of nitrogens with zero attached hydrogens (tertiary/aromatic N) is 1. The molecule has 3 nitrogen and oxygen atoms in total. The van der Waals surface area contributed by atoms with Gasteiger partial charge < -0.3 is 5.11 Å². The highest BCUT2D eigenvalue weighted by Gasteiger charge is 2.10. The van der Waals surface area contributed by atoms with Gasteiger partial charge in [-0.3, -0.25) is 0 Å². The molecule has 0 bridgehead atoms. The minimum absolute atomic E-state index is 0.118. The van der Waals surface area contributed by atoms with Crippen LogP contribution in [0, 0.1) is 18.3 Å². The van der Waals surface area contributed by atoms with E-state index >= 15 is 0 Å². The summed E-state index contributed by atoms with van der Waals surface area (Å²) in [5.41, 5.74) is 1.88. The molecule has 0 aromatic heterocycles. The highest BCUT2D eigenvalue weighted by molar-refractivity contribution is 6.17. The van der Waals surface area contributed by atoms with E-state index < -0.39 is 5.97 Å². The van der Waals surface area contributed by atoms with Crippen LogP contribution >= 0.6 is 11.6 Å². The van der Waals surface area contributed by atoms with Crippen molar-refractivity contribution in [3.8, 4) is 6.07 Å². The van der Waals surface area contributed by atoms with Crippen molar-refractivity contribution < 1.29 is 9.90 Å². The van der Waals surface area contributed by atoms with E-state index in [-0.39, 0.29) is 11.4 Å². The molecule has 1 aromatic rings. The van der Waals surface area contributed by atoms with Crippen molar-refractivity contribution in [3.05, 3.63) is 34.4 Å². The predicted octanol–water partition coefficient (Wildman–Crippen LogP) is 2.30. The van der Waals surface area contributed by atoms with Gasteiger partial charge in [-0.1, -0.05) is 0 Å². The minimum atomic E-state index is -1.04. The molecule has 4 heteroatoms. The molecule has 0 aliphatic heterocycles. The topological polar surface area (TPSA) is 61.1 Å². The number of hydrogen-bond acceptors (Lipinski definition) is 2. The Morgan fingerprint density at radius 3 is 2.71 bits per heavy atom. The summed E-state index contributed by atoms with van der Waals surface area (Å²) in [6.07, 6.45) is 0. The first kappa shape index (κ1) is 10.6. The van der Waals surface area contributed by atoms with Crippen LogP contribution in [0.3, 0.4) is 0 Å². The molecular weight excluding hydrogens is 202 g/mol. The summed E-state index contributed by atoms with van der Waals surface area (Å²) in [6, 6.07) is 4.79. The lowest BCUT2D eigenvalue weighted by molar-refractivity contribution is 0.0696. The van der Waals surface area contributed by atoms with E-state index in [1.54, 1.807) is 6.92 Å². The molecule has 1 aromatic carbocycles. The van der Waals surface area contributed by atoms with Crippen LogP contribution < -0.4 is 0 Å². The molecule has 0 aliphatic rings. The number of aromatic carboxylic acids is 1. The van der Waals surface area contributed by atoms with Gasteiger partial charge in [-0.05, 0) is 30.2 Å². The molecule has 1 N–H and O–H groups in total. The van der Waals surface area contributed by atoms with E-state index in [4.69, 9.17) is 22.0 Å². The first-order chi connectivity index (χ1) is 6.60. The maximum Gasteiger partial charge on any atom is 0.335 e. The smallest absolute Gasteiger partial charge is 0.335 e. The van der Waals surface area contributed by atoms with Crippen molar-refractivity contribution in [2.75, 3.05) is 0 Å². The van der Waals surface area contributed by atoms with E-state index in [0.717, 1.165) is 5.56 Å². The summed E-state index contributed by atoms with van der Waals surface area (Å²) in [5.74, 6) is -0.819. The molecule has 1 rings (SSSR count). The van der Waals surface area contributed by atoms with Crippen molar-refractivity contribution in [2.24, 2.45) is 0 Å². The lowest BCUT2D eigenvalue weighted by Crippen LogP contribution is -2.01. The Morgan fingerprint density at radius 1 is 1.64 bits per heavy atom. The van der Waals surface area contributed by atoms with Crippen molar-refractivity contribution in [1.82, 2.24) is 0 Å². The molecular formula is C10H8ClNO2. The van der Waals surface area contributed by atoms with Gasteiger partial charge in [-0.2, -0.15) is 5.26 Å². The van der Waals surface area contributed by atoms with E-state index in [9.17, 15) is 4.79 Å². The second-order valence-corrected chi connectivity index (χ2v) is 3.14. The molecule has 72 valence electrons. The fourth-order valence-corrected chi connectivity index (χ4v) is 1.57. The number of carbonyl (C=O) groups is 1. The lowest BCUT2D eigenvalue weighted by atomic mass is 10.0. The highest BCUT2D eigenvalue weighted by atomic mass is 35.5. The fourth-order valence-electron chi connectivity index (χ4n) is 1.22. The van der Waals surface area contributed by atoms with E-state index in [1.165, 1.54) is 12.1 Å². The molecule has 0 atom stereocenters. The van der Waals surface area contributed by atoms with Gasteiger partial charge >= 0.3 is 5.97 Å². The number of aryl methyl sites for hydroxylation is 1. The first-order valence-electron chi connectivity index (χ1n) is 3.93. The third-order valence-corrected chi connectivity index (χ3v) is 2.24. The zero-order valence-electron chi connectivity index (χ0n) is 7.54. The van der Waals surface area contributed by atoms with Crippen molar-refractivity contribution >= 4 is 17.6 Å². The summed E-state index contributed by atoms with van der Waals surface area (Å²) in [4.78, 5) is 10.7. The van der Waals surface area contributed by atoms with Crippen LogP contribution in [0.25, 0.3) is 0 Å². The van der Waals surface area contributed by atoms with Crippen molar-refractivity contribution in [2.45, 2.75) is 12.8 Å². The zero-order valence-corrected chi connectivity index (χ0v) is 8.30. The summed E-state index contributed by atoms with van der Waals surface area (Å²) < 4.78 is 0. The maximum absolute atomic E-state index is 10.7. The van der Waals surface area contributed by atoms with E-state index in [2.05, 4.69) is 0 Å². The van der Waals surface area contributed by atoms with Crippen LogP contribution in [0.15, 0.2) is 12.1 Å². The normalized spacial score (nSPS) is 9.50. The fraction of sp³-hybridized carbons (Fsp3) is 0.200. The summed E-state index contributed by atoms with van der Waals surface area (Å²) in [5, 5.41) is 17.5. The summed E-state index contributed by atoms with van der Waals surface area (Å²) in [7, 11) is 0. The van der Waals surface area contributed by atoms with Crippen molar-refractivity contribution in [1.29, 1.82) is 5.26 Å². The third kappa shape index (κ3) is 1.86. The Hall–Kier alpha value is -1.53. The van der Waals surface area contributed by atoms with Crippen LogP contribution in [0.1, 0.15) is 27.0 Å². The number of carboxylic acid groups (broad SMARTS) is 1. The zero-order chi connectivity index (χ0) is 10.7. The Labute approximate surface area is 86.5 Å². The molecule has 0 amide bonds. The predicted molar refractivity (Wildman–Crippen MR) is 52.4 cm³/mol. The summed E-state index contributed by atoms with van der Waals surface area (Å²) >= 11 is 5.65. The Bertz CT molecular complexity index is 421. The Balaban J connectivity index is 3.41. The SMILES string of the molecule is Cc1cc(C(=O)O)cc(C#N)c1CCl. The molecule has 0 saturated carbocycles. The second-order valence-electron chi connectivity index (χ2n) is 2.87. The molecule has 0 heterocycles. The second kappa shape index (κ2) is 4.12. The number of hydrogen-bond donors (Lipinski definition) is 1. The highest BCUT2D eigenvalue weighted by Crippen LogP contribution is 2.18. The van der Waals surface area contributed by atoms with Gasteiger partial charge in [0.25, 0.3) is 0 Å². The quantitative estimate of drug-likeness (QED) is 0.761. The van der Waals surface area contributed by atoms with Gasteiger partial charge in [0, 0.05) is 5.88 Å². The van der Waals surface area contributed by atoms with Crippen LogP contribution in [0.4, 0.5) is 0 Å². The van der Waals surface area contributed by atoms with Gasteiger partial charge in [-0.25, -0.2) is 4.79 Å². The summed E-state index contributed by atoms with van der Waals surface area (Å²) in [6.45, 7) is 1.74. The van der Waals surface area contributed by atoms with Crippen LogP contribution in [0.5, 0.6) is 0 Å². The number of rotatable bonds is 2. The third-order valence-electron chi connectivity index (χ3n) is 1.97. The molecule has 0 saturated heterocycles. The number of benzene rings is 1. The number of carboxylic acids is 1. The van der Waals surface area contributed by atoms with Gasteiger partial charge in [-0.15, -0.1) is 11.6 Å². The molecule has 0 aliphatic carbocycles. The molecule has 0 spiro atoms. The van der Waals surface area contributed by atoms with E-state index in [1.807, 2.05) is 6.07 Å². The standard InChI is InChI=1S/C10H8ClNO2/c1-6-2-7(10(13)14)3-8(5-12)9(6)4-11/h2-3H,4H2,1H3,(H,13,14). The van der Waals surface area contributed by atoms with Gasteiger partial charge in [0.15, 0.2) is 0 Å². The molecule has 14 heavy (non-hydrogen) atoms. The molecule has 0 fully saturated rings. The van der Waals surface area contributed by atoms with Crippen LogP contribution in [-0.2, 0) is 5.88 Å². The van der Waals surface area contributed by atoms with Crippen LogP contribution in [0.2, 0.25) is 0 Å². The monoisotopic (exact) mass is 209 g/mol. The number of alkyl halides is 1. The Morgan fingerprint density at radius 2 is 2.29 bits per heavy atom. The van der Waals surface area contributed by atoms with Gasteiger partial charge in [0.05, 0.1) is 17.2 Å².